The summed E-state index contributed by atoms with van der Waals surface area (Å²) in [7, 11) is 0. The summed E-state index contributed by atoms with van der Waals surface area (Å²) in [6.45, 7) is 0. The Hall–Kier alpha value is -2.59. The Morgan fingerprint density at radius 2 is 2.06 bits per heavy atom. The average molecular weight is 268 g/mol. The standard InChI is InChI=1S/C7H3F3N2O6/c8-7(9,10)18-3-1-2(12(16)17)5(13)4(11-3)6(14)15/h1,13H,(H,14,15). The molecule has 0 amide bonds. The predicted molar refractivity (Wildman–Crippen MR) is 46.2 cm³/mol. The molecule has 11 heteroatoms. The van der Waals surface area contributed by atoms with E-state index in [2.05, 4.69) is 9.72 Å². The maximum absolute atomic E-state index is 11.9. The van der Waals surface area contributed by atoms with Gasteiger partial charge in [-0.05, 0) is 0 Å². The molecule has 0 spiro atoms. The van der Waals surface area contributed by atoms with Gasteiger partial charge in [0.2, 0.25) is 17.3 Å². The Morgan fingerprint density at radius 1 is 1.50 bits per heavy atom. The van der Waals surface area contributed by atoms with Gasteiger partial charge in [0, 0.05) is 0 Å². The van der Waals surface area contributed by atoms with Crippen LogP contribution in [0.25, 0.3) is 0 Å². The number of aromatic nitrogens is 1. The third-order valence-corrected chi connectivity index (χ3v) is 1.57. The van der Waals surface area contributed by atoms with Crippen molar-refractivity contribution in [2.45, 2.75) is 6.36 Å². The number of pyridine rings is 1. The summed E-state index contributed by atoms with van der Waals surface area (Å²) in [6, 6.07) is 0.162. The van der Waals surface area contributed by atoms with E-state index in [0.29, 0.717) is 0 Å². The Kier molecular flexibility index (Phi) is 3.26. The first-order chi connectivity index (χ1) is 8.11. The number of aromatic hydroxyl groups is 1. The lowest BCUT2D eigenvalue weighted by Crippen LogP contribution is -2.19. The van der Waals surface area contributed by atoms with Crippen molar-refractivity contribution in [1.82, 2.24) is 4.98 Å². The number of halogens is 3. The second-order valence-corrected chi connectivity index (χ2v) is 2.79. The van der Waals surface area contributed by atoms with E-state index in [4.69, 9.17) is 10.2 Å². The molecule has 98 valence electrons. The number of carbonyl (C=O) groups is 1. The summed E-state index contributed by atoms with van der Waals surface area (Å²) >= 11 is 0. The number of nitro groups is 1. The highest BCUT2D eigenvalue weighted by Gasteiger charge is 2.34. The molecule has 18 heavy (non-hydrogen) atoms. The van der Waals surface area contributed by atoms with Gasteiger partial charge in [0.05, 0.1) is 11.0 Å². The minimum Gasteiger partial charge on any atom is -0.500 e. The van der Waals surface area contributed by atoms with Crippen LogP contribution in [-0.4, -0.2) is 32.5 Å². The molecular weight excluding hydrogens is 265 g/mol. The fourth-order valence-corrected chi connectivity index (χ4v) is 0.961. The van der Waals surface area contributed by atoms with Crippen molar-refractivity contribution in [3.63, 3.8) is 0 Å². The Labute approximate surface area is 95.4 Å². The normalized spacial score (nSPS) is 11.1. The molecule has 0 unspecified atom stereocenters. The minimum absolute atomic E-state index is 0.162. The van der Waals surface area contributed by atoms with Crippen LogP contribution < -0.4 is 4.74 Å². The van der Waals surface area contributed by atoms with Gasteiger partial charge >= 0.3 is 18.0 Å². The molecule has 0 aliphatic rings. The molecule has 0 radical (unpaired) electrons. The van der Waals surface area contributed by atoms with Gasteiger partial charge in [-0.15, -0.1) is 13.2 Å². The van der Waals surface area contributed by atoms with Crippen molar-refractivity contribution < 1.29 is 37.8 Å². The lowest BCUT2D eigenvalue weighted by Gasteiger charge is -2.08. The molecule has 8 nitrogen and oxygen atoms in total. The number of nitrogens with zero attached hydrogens (tertiary/aromatic N) is 2. The Bertz CT molecular complexity index is 479. The third-order valence-electron chi connectivity index (χ3n) is 1.57. The van der Waals surface area contributed by atoms with Crippen molar-refractivity contribution in [2.75, 3.05) is 0 Å². The number of hydrogen-bond donors (Lipinski definition) is 2. The van der Waals surface area contributed by atoms with Gasteiger partial charge in [-0.3, -0.25) is 10.1 Å². The van der Waals surface area contributed by atoms with E-state index in [1.54, 1.807) is 0 Å². The van der Waals surface area contributed by atoms with Gasteiger partial charge in [-0.1, -0.05) is 0 Å². The third kappa shape index (κ3) is 2.96. The monoisotopic (exact) mass is 268 g/mol. The molecule has 1 aromatic rings. The first kappa shape index (κ1) is 13.5. The summed E-state index contributed by atoms with van der Waals surface area (Å²) in [5.41, 5.74) is -2.58. The quantitative estimate of drug-likeness (QED) is 0.625. The fourth-order valence-electron chi connectivity index (χ4n) is 0.961. The molecule has 2 N–H and O–H groups in total. The van der Waals surface area contributed by atoms with E-state index in [-0.39, 0.29) is 6.07 Å². The number of ether oxygens (including phenoxy) is 1. The summed E-state index contributed by atoms with van der Waals surface area (Å²) in [5.74, 6) is -4.66. The fraction of sp³-hybridized carbons (Fsp3) is 0.143. The van der Waals surface area contributed by atoms with E-state index in [0.717, 1.165) is 0 Å². The summed E-state index contributed by atoms with van der Waals surface area (Å²) in [6.07, 6.45) is -5.20. The van der Waals surface area contributed by atoms with Crippen LogP contribution in [0.3, 0.4) is 0 Å². The second kappa shape index (κ2) is 4.35. The number of carboxylic acids is 1. The lowest BCUT2D eigenvalue weighted by atomic mass is 10.3. The number of aromatic carboxylic acids is 1. The van der Waals surface area contributed by atoms with E-state index in [1.165, 1.54) is 0 Å². The van der Waals surface area contributed by atoms with Crippen molar-refractivity contribution >= 4 is 11.7 Å². The molecule has 0 bridgehead atoms. The van der Waals surface area contributed by atoms with Crippen LogP contribution in [0.4, 0.5) is 18.9 Å². The zero-order valence-corrected chi connectivity index (χ0v) is 8.13. The smallest absolute Gasteiger partial charge is 0.500 e. The Morgan fingerprint density at radius 3 is 2.44 bits per heavy atom. The minimum atomic E-state index is -5.20. The van der Waals surface area contributed by atoms with Crippen molar-refractivity contribution in [1.29, 1.82) is 0 Å². The molecule has 1 rings (SSSR count). The van der Waals surface area contributed by atoms with Crippen molar-refractivity contribution in [2.24, 2.45) is 0 Å². The maximum atomic E-state index is 11.9. The SMILES string of the molecule is O=C(O)c1nc(OC(F)(F)F)cc([N+](=O)[O-])c1O. The van der Waals surface area contributed by atoms with E-state index in [1.807, 2.05) is 0 Å². The topological polar surface area (TPSA) is 123 Å². The average Bonchev–Trinajstić information content (AvgIpc) is 2.17. The lowest BCUT2D eigenvalue weighted by molar-refractivity contribution is -0.386. The second-order valence-electron chi connectivity index (χ2n) is 2.79. The summed E-state index contributed by atoms with van der Waals surface area (Å²) in [5, 5.41) is 28.0. The highest BCUT2D eigenvalue weighted by Crippen LogP contribution is 2.33. The summed E-state index contributed by atoms with van der Waals surface area (Å²) < 4.78 is 38.8. The van der Waals surface area contributed by atoms with Crippen molar-refractivity contribution in [3.05, 3.63) is 21.9 Å². The van der Waals surface area contributed by atoms with Gasteiger partial charge in [-0.2, -0.15) is 0 Å². The van der Waals surface area contributed by atoms with Crippen molar-refractivity contribution in [3.8, 4) is 11.6 Å². The van der Waals surface area contributed by atoms with Crippen LogP contribution in [0.5, 0.6) is 11.6 Å². The molecule has 0 saturated heterocycles. The van der Waals surface area contributed by atoms with Crippen LogP contribution in [0.2, 0.25) is 0 Å². The zero-order chi connectivity index (χ0) is 14.1. The molecular formula is C7H3F3N2O6. The maximum Gasteiger partial charge on any atom is 0.574 e. The number of alkyl halides is 3. The number of hydrogen-bond acceptors (Lipinski definition) is 6. The van der Waals surface area contributed by atoms with Gasteiger partial charge in [-0.25, -0.2) is 9.78 Å². The van der Waals surface area contributed by atoms with E-state index >= 15 is 0 Å². The molecule has 0 aromatic carbocycles. The van der Waals surface area contributed by atoms with Crippen LogP contribution in [0.15, 0.2) is 6.07 Å². The highest BCUT2D eigenvalue weighted by atomic mass is 19.4. The molecule has 0 saturated carbocycles. The van der Waals surface area contributed by atoms with Crippen LogP contribution in [0.1, 0.15) is 10.5 Å². The largest absolute Gasteiger partial charge is 0.574 e. The van der Waals surface area contributed by atoms with Gasteiger partial charge in [0.25, 0.3) is 0 Å². The van der Waals surface area contributed by atoms with Crippen LogP contribution >= 0.6 is 0 Å². The first-order valence-corrected chi connectivity index (χ1v) is 3.99. The summed E-state index contributed by atoms with van der Waals surface area (Å²) in [4.78, 5) is 22.5. The Balaban J connectivity index is 3.38. The molecule has 0 atom stereocenters. The molecule has 0 fully saturated rings. The number of carboxylic acid groups (broad SMARTS) is 1. The van der Waals surface area contributed by atoms with Crippen LogP contribution in [-0.2, 0) is 0 Å². The van der Waals surface area contributed by atoms with E-state index < -0.39 is 40.3 Å². The van der Waals surface area contributed by atoms with Gasteiger partial charge < -0.3 is 14.9 Å². The van der Waals surface area contributed by atoms with Gasteiger partial charge in [0.1, 0.15) is 0 Å². The highest BCUT2D eigenvalue weighted by molar-refractivity contribution is 5.90. The molecule has 0 aliphatic heterocycles. The predicted octanol–water partition coefficient (Wildman–Crippen LogP) is 1.29. The zero-order valence-electron chi connectivity index (χ0n) is 8.13. The molecule has 1 heterocycles. The van der Waals surface area contributed by atoms with Crippen LogP contribution in [0, 0.1) is 10.1 Å². The van der Waals surface area contributed by atoms with Gasteiger partial charge in [0.15, 0.2) is 0 Å². The molecule has 0 aliphatic carbocycles. The first-order valence-electron chi connectivity index (χ1n) is 3.99. The molecule has 1 aromatic heterocycles. The van der Waals surface area contributed by atoms with E-state index in [9.17, 15) is 28.1 Å². The number of rotatable bonds is 3.